The lowest BCUT2D eigenvalue weighted by Crippen LogP contribution is -2.19. The van der Waals surface area contributed by atoms with Crippen molar-refractivity contribution in [2.75, 3.05) is 7.11 Å². The van der Waals surface area contributed by atoms with E-state index in [9.17, 15) is 17.6 Å². The first-order valence-corrected chi connectivity index (χ1v) is 4.66. The van der Waals surface area contributed by atoms with Gasteiger partial charge in [0, 0.05) is 11.8 Å². The molecule has 0 amide bonds. The van der Waals surface area contributed by atoms with Gasteiger partial charge in [-0.25, -0.2) is 4.39 Å². The molecule has 0 bridgehead atoms. The van der Waals surface area contributed by atoms with Gasteiger partial charge in [-0.3, -0.25) is 4.98 Å². The molecule has 0 aromatic carbocycles. The molecule has 0 atom stereocenters. The lowest BCUT2D eigenvalue weighted by molar-refractivity contribution is -0.275. The SMILES string of the molecule is COc1c(CC#N)cnc(CF)c1OC(F)(F)F. The van der Waals surface area contributed by atoms with E-state index in [0.29, 0.717) is 0 Å². The summed E-state index contributed by atoms with van der Waals surface area (Å²) < 4.78 is 57.6. The van der Waals surface area contributed by atoms with Gasteiger partial charge in [0.1, 0.15) is 12.4 Å². The third kappa shape index (κ3) is 3.23. The van der Waals surface area contributed by atoms with Crippen molar-refractivity contribution in [2.24, 2.45) is 0 Å². The lowest BCUT2D eigenvalue weighted by atomic mass is 10.1. The maximum absolute atomic E-state index is 12.6. The van der Waals surface area contributed by atoms with Crippen molar-refractivity contribution < 1.29 is 27.0 Å². The number of halogens is 4. The molecule has 1 aromatic heterocycles. The van der Waals surface area contributed by atoms with Gasteiger partial charge in [0.25, 0.3) is 0 Å². The van der Waals surface area contributed by atoms with Crippen molar-refractivity contribution >= 4 is 0 Å². The Bertz CT molecular complexity index is 468. The van der Waals surface area contributed by atoms with Crippen LogP contribution in [0.1, 0.15) is 11.3 Å². The average molecular weight is 264 g/mol. The van der Waals surface area contributed by atoms with Gasteiger partial charge in [-0.2, -0.15) is 5.26 Å². The van der Waals surface area contributed by atoms with Crippen LogP contribution in [0.25, 0.3) is 0 Å². The molecule has 0 aliphatic rings. The van der Waals surface area contributed by atoms with Crippen LogP contribution in [0.4, 0.5) is 17.6 Å². The second-order valence-corrected chi connectivity index (χ2v) is 3.11. The van der Waals surface area contributed by atoms with Gasteiger partial charge in [-0.05, 0) is 0 Å². The third-order valence-electron chi connectivity index (χ3n) is 1.95. The standard InChI is InChI=1S/C10H8F4N2O2/c1-17-8-6(2-3-15)5-16-7(4-11)9(8)18-10(12,13)14/h5H,2,4H2,1H3. The lowest BCUT2D eigenvalue weighted by Gasteiger charge is -2.16. The van der Waals surface area contributed by atoms with Crippen LogP contribution in [-0.4, -0.2) is 18.5 Å². The molecule has 18 heavy (non-hydrogen) atoms. The van der Waals surface area contributed by atoms with Crippen molar-refractivity contribution in [1.82, 2.24) is 4.98 Å². The fourth-order valence-corrected chi connectivity index (χ4v) is 1.30. The van der Waals surface area contributed by atoms with Crippen LogP contribution in [0.5, 0.6) is 11.5 Å². The summed E-state index contributed by atoms with van der Waals surface area (Å²) in [6, 6.07) is 1.74. The van der Waals surface area contributed by atoms with Crippen LogP contribution in [0, 0.1) is 11.3 Å². The topological polar surface area (TPSA) is 55.1 Å². The largest absolute Gasteiger partial charge is 0.573 e. The molecule has 0 N–H and O–H groups in total. The number of aromatic nitrogens is 1. The van der Waals surface area contributed by atoms with E-state index in [4.69, 9.17) is 10.00 Å². The molecule has 0 saturated carbocycles. The number of rotatable bonds is 4. The van der Waals surface area contributed by atoms with Crippen LogP contribution in [-0.2, 0) is 13.1 Å². The zero-order chi connectivity index (χ0) is 13.8. The first kappa shape index (κ1) is 14.0. The Balaban J connectivity index is 3.33. The normalized spacial score (nSPS) is 10.9. The Morgan fingerprint density at radius 1 is 1.39 bits per heavy atom. The molecule has 1 rings (SSSR count). The molecule has 0 aliphatic carbocycles. The number of alkyl halides is 4. The highest BCUT2D eigenvalue weighted by Gasteiger charge is 2.34. The predicted octanol–water partition coefficient (Wildman–Crippen LogP) is 2.52. The zero-order valence-corrected chi connectivity index (χ0v) is 9.21. The molecular weight excluding hydrogens is 256 g/mol. The molecule has 8 heteroatoms. The van der Waals surface area contributed by atoms with Crippen molar-refractivity contribution in [2.45, 2.75) is 19.5 Å². The third-order valence-corrected chi connectivity index (χ3v) is 1.95. The molecule has 1 aromatic rings. The minimum Gasteiger partial charge on any atom is -0.492 e. The van der Waals surface area contributed by atoms with Gasteiger partial charge in [0.2, 0.25) is 0 Å². The highest BCUT2D eigenvalue weighted by atomic mass is 19.4. The maximum atomic E-state index is 12.6. The Hall–Kier alpha value is -2.04. The second-order valence-electron chi connectivity index (χ2n) is 3.11. The quantitative estimate of drug-likeness (QED) is 0.784. The summed E-state index contributed by atoms with van der Waals surface area (Å²) in [5.41, 5.74) is -0.442. The Kier molecular flexibility index (Phi) is 4.31. The number of methoxy groups -OCH3 is 1. The first-order chi connectivity index (χ1) is 8.42. The fourth-order valence-electron chi connectivity index (χ4n) is 1.30. The van der Waals surface area contributed by atoms with Crippen molar-refractivity contribution in [1.29, 1.82) is 5.26 Å². The molecule has 4 nitrogen and oxygen atoms in total. The number of hydrogen-bond donors (Lipinski definition) is 0. The van der Waals surface area contributed by atoms with E-state index in [2.05, 4.69) is 9.72 Å². The summed E-state index contributed by atoms with van der Waals surface area (Å²) >= 11 is 0. The van der Waals surface area contributed by atoms with Gasteiger partial charge < -0.3 is 9.47 Å². The number of ether oxygens (including phenoxy) is 2. The number of hydrogen-bond acceptors (Lipinski definition) is 4. The van der Waals surface area contributed by atoms with E-state index >= 15 is 0 Å². The van der Waals surface area contributed by atoms with Crippen LogP contribution in [0.2, 0.25) is 0 Å². The van der Waals surface area contributed by atoms with E-state index in [-0.39, 0.29) is 17.7 Å². The van der Waals surface area contributed by atoms with Gasteiger partial charge in [0.05, 0.1) is 19.6 Å². The molecule has 0 aliphatic heterocycles. The van der Waals surface area contributed by atoms with E-state index in [1.165, 1.54) is 0 Å². The summed E-state index contributed by atoms with van der Waals surface area (Å²) in [5, 5.41) is 8.52. The Labute approximate surface area is 99.8 Å². The van der Waals surface area contributed by atoms with E-state index in [1.807, 2.05) is 0 Å². The molecule has 0 saturated heterocycles. The number of pyridine rings is 1. The second kappa shape index (κ2) is 5.53. The van der Waals surface area contributed by atoms with Crippen LogP contribution < -0.4 is 9.47 Å². The highest BCUT2D eigenvalue weighted by Crippen LogP contribution is 2.37. The minimum absolute atomic E-state index is 0.0939. The number of nitrogens with zero attached hydrogens (tertiary/aromatic N) is 2. The summed E-state index contributed by atoms with van der Waals surface area (Å²) in [5.74, 6) is -1.18. The molecule has 0 spiro atoms. The first-order valence-electron chi connectivity index (χ1n) is 4.66. The molecule has 1 heterocycles. The summed E-state index contributed by atoms with van der Waals surface area (Å²) in [7, 11) is 1.10. The summed E-state index contributed by atoms with van der Waals surface area (Å²) in [6.07, 6.45) is -4.14. The Morgan fingerprint density at radius 2 is 2.06 bits per heavy atom. The smallest absolute Gasteiger partial charge is 0.492 e. The molecule has 0 fully saturated rings. The Morgan fingerprint density at radius 3 is 2.50 bits per heavy atom. The highest BCUT2D eigenvalue weighted by molar-refractivity contribution is 5.49. The summed E-state index contributed by atoms with van der Waals surface area (Å²) in [4.78, 5) is 3.48. The van der Waals surface area contributed by atoms with Gasteiger partial charge in [-0.1, -0.05) is 0 Å². The molecule has 0 unspecified atom stereocenters. The van der Waals surface area contributed by atoms with E-state index in [1.54, 1.807) is 6.07 Å². The van der Waals surface area contributed by atoms with Crippen LogP contribution in [0.15, 0.2) is 6.20 Å². The van der Waals surface area contributed by atoms with E-state index in [0.717, 1.165) is 13.3 Å². The average Bonchev–Trinajstić information content (AvgIpc) is 2.28. The summed E-state index contributed by atoms with van der Waals surface area (Å²) in [6.45, 7) is -1.24. The molecule has 98 valence electrons. The van der Waals surface area contributed by atoms with Crippen molar-refractivity contribution in [3.05, 3.63) is 17.5 Å². The van der Waals surface area contributed by atoms with Gasteiger partial charge in [-0.15, -0.1) is 13.2 Å². The van der Waals surface area contributed by atoms with Crippen LogP contribution >= 0.6 is 0 Å². The number of nitriles is 1. The predicted molar refractivity (Wildman–Crippen MR) is 51.6 cm³/mol. The maximum Gasteiger partial charge on any atom is 0.573 e. The van der Waals surface area contributed by atoms with E-state index < -0.39 is 24.5 Å². The molecule has 0 radical (unpaired) electrons. The minimum atomic E-state index is -5.00. The van der Waals surface area contributed by atoms with Crippen molar-refractivity contribution in [3.8, 4) is 17.6 Å². The monoisotopic (exact) mass is 264 g/mol. The zero-order valence-electron chi connectivity index (χ0n) is 9.21. The molecular formula is C10H8F4N2O2. The van der Waals surface area contributed by atoms with Gasteiger partial charge in [0.15, 0.2) is 11.5 Å². The van der Waals surface area contributed by atoms with Crippen LogP contribution in [0.3, 0.4) is 0 Å². The van der Waals surface area contributed by atoms with Gasteiger partial charge >= 0.3 is 6.36 Å². The van der Waals surface area contributed by atoms with Crippen molar-refractivity contribution in [3.63, 3.8) is 0 Å². The fraction of sp³-hybridized carbons (Fsp3) is 0.400.